The monoisotopic (exact) mass is 338 g/mol. The van der Waals surface area contributed by atoms with E-state index in [2.05, 4.69) is 4.98 Å². The first-order valence-electron chi connectivity index (χ1n) is 8.57. The first kappa shape index (κ1) is 16.9. The molecule has 0 bridgehead atoms. The molecule has 0 unspecified atom stereocenters. The molecule has 0 radical (unpaired) electrons. The van der Waals surface area contributed by atoms with Crippen molar-refractivity contribution in [3.05, 3.63) is 16.1 Å². The lowest BCUT2D eigenvalue weighted by Crippen LogP contribution is -2.41. The van der Waals surface area contributed by atoms with E-state index in [-0.39, 0.29) is 18.4 Å². The van der Waals surface area contributed by atoms with E-state index in [0.717, 1.165) is 55.8 Å². The number of rotatable bonds is 6. The number of aliphatic hydroxyl groups is 1. The number of ether oxygens (including phenoxy) is 1. The Kier molecular flexibility index (Phi) is 5.34. The number of nitrogens with zero attached hydrogens (tertiary/aromatic N) is 2. The topological polar surface area (TPSA) is 62.7 Å². The number of aryl methyl sites for hydroxylation is 1. The predicted octanol–water partition coefficient (Wildman–Crippen LogP) is 2.65. The predicted molar refractivity (Wildman–Crippen MR) is 89.3 cm³/mol. The summed E-state index contributed by atoms with van der Waals surface area (Å²) >= 11 is 1.59. The van der Waals surface area contributed by atoms with Crippen LogP contribution in [0.25, 0.3) is 0 Å². The first-order chi connectivity index (χ1) is 11.0. The van der Waals surface area contributed by atoms with E-state index in [9.17, 15) is 9.90 Å². The Labute approximate surface area is 141 Å². The molecule has 1 saturated heterocycles. The van der Waals surface area contributed by atoms with Crippen LogP contribution in [0.2, 0.25) is 0 Å². The highest BCUT2D eigenvalue weighted by Crippen LogP contribution is 2.33. The van der Waals surface area contributed by atoms with Gasteiger partial charge >= 0.3 is 0 Å². The van der Waals surface area contributed by atoms with Crippen molar-refractivity contribution in [2.75, 3.05) is 13.2 Å². The van der Waals surface area contributed by atoms with Gasteiger partial charge in [-0.05, 0) is 32.6 Å². The largest absolute Gasteiger partial charge is 0.389 e. The third kappa shape index (κ3) is 4.52. The summed E-state index contributed by atoms with van der Waals surface area (Å²) in [6.07, 6.45) is 5.93. The summed E-state index contributed by atoms with van der Waals surface area (Å²) in [7, 11) is 0. The summed E-state index contributed by atoms with van der Waals surface area (Å²) in [4.78, 5) is 19.1. The lowest BCUT2D eigenvalue weighted by atomic mass is 9.97. The van der Waals surface area contributed by atoms with Crippen molar-refractivity contribution in [2.45, 2.75) is 70.1 Å². The molecular formula is C17H26N2O3S. The molecule has 1 N–H and O–H groups in total. The second-order valence-corrected chi connectivity index (χ2v) is 7.84. The Morgan fingerprint density at radius 3 is 2.87 bits per heavy atom. The minimum absolute atomic E-state index is 0.0257. The van der Waals surface area contributed by atoms with E-state index in [1.807, 2.05) is 17.2 Å². The Balaban J connectivity index is 1.66. The highest BCUT2D eigenvalue weighted by molar-refractivity contribution is 7.09. The van der Waals surface area contributed by atoms with Gasteiger partial charge in [-0.2, -0.15) is 0 Å². The van der Waals surface area contributed by atoms with Crippen LogP contribution in [-0.4, -0.2) is 45.8 Å². The van der Waals surface area contributed by atoms with Gasteiger partial charge in [0.15, 0.2) is 0 Å². The van der Waals surface area contributed by atoms with Gasteiger partial charge in [0.1, 0.15) is 5.01 Å². The van der Waals surface area contributed by atoms with E-state index >= 15 is 0 Å². The second kappa shape index (κ2) is 7.28. The van der Waals surface area contributed by atoms with Crippen LogP contribution in [0.3, 0.4) is 0 Å². The summed E-state index contributed by atoms with van der Waals surface area (Å²) < 4.78 is 5.70. The molecule has 2 heterocycles. The van der Waals surface area contributed by atoms with Crippen LogP contribution in [0.15, 0.2) is 5.38 Å². The molecule has 1 aromatic rings. The fraction of sp³-hybridized carbons (Fsp3) is 0.765. The van der Waals surface area contributed by atoms with E-state index in [4.69, 9.17) is 4.74 Å². The van der Waals surface area contributed by atoms with Crippen molar-refractivity contribution in [2.24, 2.45) is 0 Å². The molecule has 5 nitrogen and oxygen atoms in total. The molecule has 128 valence electrons. The zero-order valence-corrected chi connectivity index (χ0v) is 14.6. The van der Waals surface area contributed by atoms with Crippen molar-refractivity contribution in [3.63, 3.8) is 0 Å². The number of carbonyl (C=O) groups excluding carboxylic acids is 1. The SMILES string of the molecule is Cc1csc(CN(C[C@H]2CCCO2)C(=O)CC2(O)CCCC2)n1. The van der Waals surface area contributed by atoms with Crippen LogP contribution in [0, 0.1) is 6.92 Å². The summed E-state index contributed by atoms with van der Waals surface area (Å²) in [6, 6.07) is 0. The molecule has 6 heteroatoms. The van der Waals surface area contributed by atoms with Crippen molar-refractivity contribution in [3.8, 4) is 0 Å². The number of carbonyl (C=O) groups is 1. The van der Waals surface area contributed by atoms with Gasteiger partial charge in [-0.1, -0.05) is 12.8 Å². The Morgan fingerprint density at radius 1 is 1.48 bits per heavy atom. The Bertz CT molecular complexity index is 534. The zero-order chi connectivity index (χ0) is 16.3. The molecule has 1 saturated carbocycles. The molecule has 23 heavy (non-hydrogen) atoms. The van der Waals surface area contributed by atoms with Gasteiger partial charge < -0.3 is 14.7 Å². The fourth-order valence-corrected chi connectivity index (χ4v) is 4.32. The first-order valence-corrected chi connectivity index (χ1v) is 9.45. The van der Waals surface area contributed by atoms with Gasteiger partial charge in [-0.25, -0.2) is 4.98 Å². The van der Waals surface area contributed by atoms with Gasteiger partial charge in [-0.15, -0.1) is 11.3 Å². The minimum atomic E-state index is -0.801. The molecule has 1 aliphatic carbocycles. The zero-order valence-electron chi connectivity index (χ0n) is 13.8. The molecule has 3 rings (SSSR count). The smallest absolute Gasteiger partial charge is 0.225 e. The summed E-state index contributed by atoms with van der Waals surface area (Å²) in [5.74, 6) is 0.0257. The fourth-order valence-electron chi connectivity index (χ4n) is 3.53. The van der Waals surface area contributed by atoms with Crippen molar-refractivity contribution in [1.29, 1.82) is 0 Å². The highest BCUT2D eigenvalue weighted by atomic mass is 32.1. The Morgan fingerprint density at radius 2 is 2.26 bits per heavy atom. The molecule has 2 aliphatic rings. The van der Waals surface area contributed by atoms with Gasteiger partial charge in [-0.3, -0.25) is 4.79 Å². The molecule has 0 aromatic carbocycles. The van der Waals surface area contributed by atoms with Crippen molar-refractivity contribution >= 4 is 17.2 Å². The van der Waals surface area contributed by atoms with Crippen LogP contribution in [0.4, 0.5) is 0 Å². The summed E-state index contributed by atoms with van der Waals surface area (Å²) in [5.41, 5.74) is 0.189. The summed E-state index contributed by atoms with van der Waals surface area (Å²) in [5, 5.41) is 13.5. The third-order valence-electron chi connectivity index (χ3n) is 4.81. The molecule has 1 atom stereocenters. The van der Waals surface area contributed by atoms with E-state index in [1.54, 1.807) is 11.3 Å². The van der Waals surface area contributed by atoms with E-state index in [1.165, 1.54) is 0 Å². The normalized spacial score (nSPS) is 23.3. The van der Waals surface area contributed by atoms with Crippen LogP contribution < -0.4 is 0 Å². The molecular weight excluding hydrogens is 312 g/mol. The number of amides is 1. The average molecular weight is 338 g/mol. The highest BCUT2D eigenvalue weighted by Gasteiger charge is 2.35. The van der Waals surface area contributed by atoms with Crippen LogP contribution in [0.5, 0.6) is 0 Å². The molecule has 1 aromatic heterocycles. The maximum atomic E-state index is 12.8. The molecule has 1 aliphatic heterocycles. The maximum absolute atomic E-state index is 12.8. The summed E-state index contributed by atoms with van der Waals surface area (Å²) in [6.45, 7) is 3.88. The molecule has 0 spiro atoms. The minimum Gasteiger partial charge on any atom is -0.389 e. The van der Waals surface area contributed by atoms with E-state index < -0.39 is 5.60 Å². The van der Waals surface area contributed by atoms with Crippen molar-refractivity contribution < 1.29 is 14.6 Å². The van der Waals surface area contributed by atoms with Gasteiger partial charge in [0, 0.05) is 24.2 Å². The lowest BCUT2D eigenvalue weighted by molar-refractivity contribution is -0.138. The van der Waals surface area contributed by atoms with E-state index in [0.29, 0.717) is 13.1 Å². The van der Waals surface area contributed by atoms with Crippen LogP contribution in [-0.2, 0) is 16.1 Å². The van der Waals surface area contributed by atoms with Gasteiger partial charge in [0.25, 0.3) is 0 Å². The Hall–Kier alpha value is -0.980. The van der Waals surface area contributed by atoms with Gasteiger partial charge in [0.2, 0.25) is 5.91 Å². The van der Waals surface area contributed by atoms with Crippen LogP contribution >= 0.6 is 11.3 Å². The molecule has 1 amide bonds. The quantitative estimate of drug-likeness (QED) is 0.866. The number of hydrogen-bond acceptors (Lipinski definition) is 5. The number of thiazole rings is 1. The molecule has 2 fully saturated rings. The third-order valence-corrected chi connectivity index (χ3v) is 5.76. The van der Waals surface area contributed by atoms with Crippen LogP contribution in [0.1, 0.15) is 55.6 Å². The standard InChI is InChI=1S/C17H26N2O3S/c1-13-12-23-15(18-13)11-19(10-14-5-4-8-22-14)16(20)9-17(21)6-2-3-7-17/h12,14,21H,2-11H2,1H3/t14-/m1/s1. The van der Waals surface area contributed by atoms with Crippen molar-refractivity contribution in [1.82, 2.24) is 9.88 Å². The second-order valence-electron chi connectivity index (χ2n) is 6.90. The van der Waals surface area contributed by atoms with Gasteiger partial charge in [0.05, 0.1) is 24.7 Å². The lowest BCUT2D eigenvalue weighted by Gasteiger charge is -2.29. The number of aromatic nitrogens is 1. The maximum Gasteiger partial charge on any atom is 0.225 e. The number of hydrogen-bond donors (Lipinski definition) is 1. The average Bonchev–Trinajstić information content (AvgIpc) is 3.22.